The third-order valence-corrected chi connectivity index (χ3v) is 5.95. The van der Waals surface area contributed by atoms with Gasteiger partial charge in [0.1, 0.15) is 0 Å². The first-order valence-electron chi connectivity index (χ1n) is 8.69. The summed E-state index contributed by atoms with van der Waals surface area (Å²) in [6.45, 7) is 3.51. The Morgan fingerprint density at radius 3 is 2.60 bits per heavy atom. The number of nitrogens with one attached hydrogen (secondary N) is 1. The Morgan fingerprint density at radius 2 is 1.90 bits per heavy atom. The van der Waals surface area contributed by atoms with E-state index in [1.807, 2.05) is 0 Å². The SMILES string of the molecule is CC1CCCC(CO)(NCC2CCC3(CCCC3)O2)C1. The molecule has 2 saturated carbocycles. The van der Waals surface area contributed by atoms with Gasteiger partial charge in [-0.25, -0.2) is 0 Å². The maximum Gasteiger partial charge on any atom is 0.0708 e. The van der Waals surface area contributed by atoms with Crippen LogP contribution in [0.25, 0.3) is 0 Å². The van der Waals surface area contributed by atoms with Crippen molar-refractivity contribution in [3.8, 4) is 0 Å². The third kappa shape index (κ3) is 3.05. The lowest BCUT2D eigenvalue weighted by molar-refractivity contribution is -0.0404. The predicted molar refractivity (Wildman–Crippen MR) is 80.8 cm³/mol. The number of rotatable bonds is 4. The van der Waals surface area contributed by atoms with Gasteiger partial charge in [0, 0.05) is 12.1 Å². The zero-order valence-corrected chi connectivity index (χ0v) is 13.0. The van der Waals surface area contributed by atoms with E-state index < -0.39 is 0 Å². The van der Waals surface area contributed by atoms with Gasteiger partial charge in [0.25, 0.3) is 0 Å². The summed E-state index contributed by atoms with van der Waals surface area (Å²) in [5, 5.41) is 13.5. The van der Waals surface area contributed by atoms with Crippen LogP contribution in [0.1, 0.15) is 71.1 Å². The molecule has 116 valence electrons. The number of aliphatic hydroxyl groups excluding tert-OH is 1. The zero-order chi connectivity index (χ0) is 14.1. The van der Waals surface area contributed by atoms with Gasteiger partial charge < -0.3 is 15.2 Å². The second-order valence-electron chi connectivity index (χ2n) is 7.69. The molecule has 0 aromatic heterocycles. The van der Waals surface area contributed by atoms with Crippen molar-refractivity contribution in [1.82, 2.24) is 5.32 Å². The van der Waals surface area contributed by atoms with Crippen molar-refractivity contribution in [2.75, 3.05) is 13.2 Å². The molecule has 20 heavy (non-hydrogen) atoms. The molecule has 2 aliphatic carbocycles. The quantitative estimate of drug-likeness (QED) is 0.832. The van der Waals surface area contributed by atoms with Gasteiger partial charge in [0.05, 0.1) is 18.3 Å². The molecule has 2 N–H and O–H groups in total. The summed E-state index contributed by atoms with van der Waals surface area (Å²) in [6.07, 6.45) is 12.8. The average molecular weight is 281 g/mol. The maximum absolute atomic E-state index is 9.83. The smallest absolute Gasteiger partial charge is 0.0708 e. The summed E-state index contributed by atoms with van der Waals surface area (Å²) in [5.41, 5.74) is 0.199. The van der Waals surface area contributed by atoms with E-state index in [1.54, 1.807) is 0 Å². The first-order valence-corrected chi connectivity index (χ1v) is 8.69. The van der Waals surface area contributed by atoms with E-state index in [0.29, 0.717) is 6.10 Å². The molecule has 0 amide bonds. The van der Waals surface area contributed by atoms with Crippen LogP contribution in [-0.4, -0.2) is 35.5 Å². The first kappa shape index (κ1) is 14.8. The summed E-state index contributed by atoms with van der Waals surface area (Å²) in [6, 6.07) is 0. The molecule has 3 atom stereocenters. The molecule has 0 aromatic carbocycles. The molecule has 0 bridgehead atoms. The van der Waals surface area contributed by atoms with Crippen molar-refractivity contribution in [1.29, 1.82) is 0 Å². The van der Waals surface area contributed by atoms with Crippen LogP contribution >= 0.6 is 0 Å². The minimum absolute atomic E-state index is 0.0353. The summed E-state index contributed by atoms with van der Waals surface area (Å²) in [5.74, 6) is 0.731. The van der Waals surface area contributed by atoms with Gasteiger partial charge in [0.2, 0.25) is 0 Å². The molecule has 3 heteroatoms. The van der Waals surface area contributed by atoms with Gasteiger partial charge in [-0.05, 0) is 44.4 Å². The van der Waals surface area contributed by atoms with Gasteiger partial charge in [-0.1, -0.05) is 32.6 Å². The number of hydrogen-bond donors (Lipinski definition) is 2. The van der Waals surface area contributed by atoms with E-state index in [4.69, 9.17) is 4.74 Å². The lowest BCUT2D eigenvalue weighted by Gasteiger charge is -2.40. The molecule has 1 aliphatic heterocycles. The van der Waals surface area contributed by atoms with Crippen LogP contribution in [0.3, 0.4) is 0 Å². The third-order valence-electron chi connectivity index (χ3n) is 5.95. The zero-order valence-electron chi connectivity index (χ0n) is 13.0. The minimum atomic E-state index is -0.0353. The molecular formula is C17H31NO2. The number of hydrogen-bond acceptors (Lipinski definition) is 3. The van der Waals surface area contributed by atoms with Crippen molar-refractivity contribution in [3.63, 3.8) is 0 Å². The highest BCUT2D eigenvalue weighted by molar-refractivity contribution is 4.96. The van der Waals surface area contributed by atoms with E-state index in [2.05, 4.69) is 12.2 Å². The molecule has 3 unspecified atom stereocenters. The molecule has 3 nitrogen and oxygen atoms in total. The lowest BCUT2D eigenvalue weighted by atomic mass is 9.77. The summed E-state index contributed by atoms with van der Waals surface area (Å²) >= 11 is 0. The van der Waals surface area contributed by atoms with Crippen molar-refractivity contribution < 1.29 is 9.84 Å². The van der Waals surface area contributed by atoms with Crippen LogP contribution in [0.15, 0.2) is 0 Å². The minimum Gasteiger partial charge on any atom is -0.394 e. The van der Waals surface area contributed by atoms with Crippen LogP contribution in [0.2, 0.25) is 0 Å². The van der Waals surface area contributed by atoms with Crippen molar-refractivity contribution in [2.24, 2.45) is 5.92 Å². The summed E-state index contributed by atoms with van der Waals surface area (Å²) in [4.78, 5) is 0. The topological polar surface area (TPSA) is 41.5 Å². The normalized spacial score (nSPS) is 40.5. The van der Waals surface area contributed by atoms with E-state index >= 15 is 0 Å². The summed E-state index contributed by atoms with van der Waals surface area (Å²) < 4.78 is 6.37. The number of aliphatic hydroxyl groups is 1. The Hall–Kier alpha value is -0.120. The van der Waals surface area contributed by atoms with E-state index in [0.717, 1.165) is 25.3 Å². The summed E-state index contributed by atoms with van der Waals surface area (Å²) in [7, 11) is 0. The lowest BCUT2D eigenvalue weighted by Crippen LogP contribution is -2.53. The second kappa shape index (κ2) is 5.94. The molecule has 3 aliphatic rings. The van der Waals surface area contributed by atoms with Gasteiger partial charge in [-0.15, -0.1) is 0 Å². The van der Waals surface area contributed by atoms with E-state index in [9.17, 15) is 5.11 Å². The largest absolute Gasteiger partial charge is 0.394 e. The molecule has 1 spiro atoms. The molecule has 1 heterocycles. The van der Waals surface area contributed by atoms with Gasteiger partial charge in [-0.2, -0.15) is 0 Å². The Balaban J connectivity index is 1.51. The molecular weight excluding hydrogens is 250 g/mol. The van der Waals surface area contributed by atoms with Crippen LogP contribution in [-0.2, 0) is 4.74 Å². The molecule has 3 fully saturated rings. The van der Waals surface area contributed by atoms with Crippen LogP contribution in [0, 0.1) is 5.92 Å². The van der Waals surface area contributed by atoms with Crippen LogP contribution in [0.4, 0.5) is 0 Å². The maximum atomic E-state index is 9.83. The fourth-order valence-electron chi connectivity index (χ4n) is 4.78. The second-order valence-corrected chi connectivity index (χ2v) is 7.69. The van der Waals surface area contributed by atoms with Crippen molar-refractivity contribution >= 4 is 0 Å². The van der Waals surface area contributed by atoms with Crippen LogP contribution < -0.4 is 5.32 Å². The Kier molecular flexibility index (Phi) is 4.40. The Bertz CT molecular complexity index is 327. The van der Waals surface area contributed by atoms with E-state index in [1.165, 1.54) is 51.4 Å². The van der Waals surface area contributed by atoms with Crippen molar-refractivity contribution in [3.05, 3.63) is 0 Å². The molecule has 0 radical (unpaired) electrons. The van der Waals surface area contributed by atoms with E-state index in [-0.39, 0.29) is 17.7 Å². The molecule has 3 rings (SSSR count). The highest BCUT2D eigenvalue weighted by Crippen LogP contribution is 2.43. The number of ether oxygens (including phenoxy) is 1. The Labute approximate surface area is 123 Å². The van der Waals surface area contributed by atoms with Gasteiger partial charge in [-0.3, -0.25) is 0 Å². The van der Waals surface area contributed by atoms with Crippen LogP contribution in [0.5, 0.6) is 0 Å². The monoisotopic (exact) mass is 281 g/mol. The highest BCUT2D eigenvalue weighted by atomic mass is 16.5. The average Bonchev–Trinajstić information content (AvgIpc) is 3.07. The predicted octanol–water partition coefficient (Wildman–Crippen LogP) is 3.01. The standard InChI is InChI=1S/C17H31NO2/c1-14-5-4-7-16(11-14,13-19)18-12-15-6-10-17(20-15)8-2-3-9-17/h14-15,18-19H,2-13H2,1H3. The fraction of sp³-hybridized carbons (Fsp3) is 1.00. The molecule has 1 saturated heterocycles. The van der Waals surface area contributed by atoms with Crippen molar-refractivity contribution in [2.45, 2.75) is 88.4 Å². The van der Waals surface area contributed by atoms with Gasteiger partial charge in [0.15, 0.2) is 0 Å². The first-order chi connectivity index (χ1) is 9.65. The Morgan fingerprint density at radius 1 is 1.10 bits per heavy atom. The highest BCUT2D eigenvalue weighted by Gasteiger charge is 2.43. The van der Waals surface area contributed by atoms with Gasteiger partial charge >= 0.3 is 0 Å². The fourth-order valence-corrected chi connectivity index (χ4v) is 4.78. The molecule has 0 aromatic rings.